The first-order valence-corrected chi connectivity index (χ1v) is 11.1. The largest absolute Gasteiger partial charge is 0.368 e. The summed E-state index contributed by atoms with van der Waals surface area (Å²) in [6.07, 6.45) is 0. The summed E-state index contributed by atoms with van der Waals surface area (Å²) in [6, 6.07) is 15.4. The van der Waals surface area contributed by atoms with Gasteiger partial charge in [-0.2, -0.15) is 0 Å². The Morgan fingerprint density at radius 3 is 1.96 bits per heavy atom. The molecule has 0 spiro atoms. The average Bonchev–Trinajstić information content (AvgIpc) is 2.58. The van der Waals surface area contributed by atoms with Crippen LogP contribution in [-0.4, -0.2) is 13.2 Å². The molecule has 0 bridgehead atoms. The second-order valence-electron chi connectivity index (χ2n) is 6.86. The molecule has 134 valence electrons. The predicted octanol–water partition coefficient (Wildman–Crippen LogP) is 6.59. The van der Waals surface area contributed by atoms with E-state index >= 15 is 0 Å². The SMILES string of the molecule is CC1(C)COP(=O)([C@H](Nc2ccc(Br)cc2)c2ccc(Br)cc2)OC1. The van der Waals surface area contributed by atoms with Crippen LogP contribution in [-0.2, 0) is 13.6 Å². The predicted molar refractivity (Wildman–Crippen MR) is 108 cm³/mol. The van der Waals surface area contributed by atoms with Gasteiger partial charge in [0.15, 0.2) is 5.78 Å². The van der Waals surface area contributed by atoms with Crippen molar-refractivity contribution in [3.05, 3.63) is 63.0 Å². The molecule has 3 rings (SSSR count). The topological polar surface area (TPSA) is 47.6 Å². The second-order valence-corrected chi connectivity index (χ2v) is 10.8. The fourth-order valence-corrected chi connectivity index (χ4v) is 5.26. The number of anilines is 1. The first-order chi connectivity index (χ1) is 11.8. The molecule has 7 heteroatoms. The first-order valence-electron chi connectivity index (χ1n) is 7.94. The van der Waals surface area contributed by atoms with Crippen LogP contribution < -0.4 is 5.32 Å². The van der Waals surface area contributed by atoms with Gasteiger partial charge in [-0.05, 0) is 42.0 Å². The van der Waals surface area contributed by atoms with Crippen LogP contribution in [0.5, 0.6) is 0 Å². The number of rotatable bonds is 4. The van der Waals surface area contributed by atoms with Gasteiger partial charge in [0.05, 0.1) is 13.2 Å². The maximum Gasteiger partial charge on any atom is 0.357 e. The van der Waals surface area contributed by atoms with Gasteiger partial charge in [0, 0.05) is 20.0 Å². The average molecular weight is 489 g/mol. The summed E-state index contributed by atoms with van der Waals surface area (Å²) >= 11 is 6.86. The Bertz CT molecular complexity index is 764. The van der Waals surface area contributed by atoms with E-state index in [1.807, 2.05) is 62.4 Å². The Kier molecular flexibility index (Phi) is 5.76. The third kappa shape index (κ3) is 4.75. The lowest BCUT2D eigenvalue weighted by Crippen LogP contribution is -2.31. The summed E-state index contributed by atoms with van der Waals surface area (Å²) in [6.45, 7) is 4.87. The molecule has 1 aliphatic rings. The van der Waals surface area contributed by atoms with Crippen LogP contribution in [0.2, 0.25) is 0 Å². The van der Waals surface area contributed by atoms with Crippen molar-refractivity contribution in [3.63, 3.8) is 0 Å². The molecule has 4 nitrogen and oxygen atoms in total. The highest BCUT2D eigenvalue weighted by molar-refractivity contribution is 9.10. The maximum absolute atomic E-state index is 13.4. The highest BCUT2D eigenvalue weighted by atomic mass is 79.9. The van der Waals surface area contributed by atoms with Crippen LogP contribution in [0, 0.1) is 5.41 Å². The first kappa shape index (κ1) is 19.1. The molecule has 0 amide bonds. The van der Waals surface area contributed by atoms with Crippen molar-refractivity contribution in [2.45, 2.75) is 19.6 Å². The van der Waals surface area contributed by atoms with Gasteiger partial charge in [0.2, 0.25) is 0 Å². The molecule has 1 saturated heterocycles. The smallest absolute Gasteiger partial charge is 0.357 e. The molecule has 2 aromatic rings. The zero-order valence-corrected chi connectivity index (χ0v) is 18.1. The van der Waals surface area contributed by atoms with Crippen molar-refractivity contribution in [1.29, 1.82) is 0 Å². The van der Waals surface area contributed by atoms with Gasteiger partial charge in [0.25, 0.3) is 0 Å². The maximum atomic E-state index is 13.4. The van der Waals surface area contributed by atoms with Crippen molar-refractivity contribution >= 4 is 45.1 Å². The molecule has 1 N–H and O–H groups in total. The molecule has 0 aromatic heterocycles. The van der Waals surface area contributed by atoms with Crippen LogP contribution in [0.15, 0.2) is 57.5 Å². The van der Waals surface area contributed by atoms with Crippen molar-refractivity contribution in [3.8, 4) is 0 Å². The van der Waals surface area contributed by atoms with E-state index < -0.39 is 13.4 Å². The third-order valence-corrected chi connectivity index (χ3v) is 7.02. The fourth-order valence-electron chi connectivity index (χ4n) is 2.45. The molecule has 2 aromatic carbocycles. The summed E-state index contributed by atoms with van der Waals surface area (Å²) in [5.41, 5.74) is 1.56. The lowest BCUT2D eigenvalue weighted by molar-refractivity contribution is 0.0387. The summed E-state index contributed by atoms with van der Waals surface area (Å²) in [7, 11) is -3.36. The van der Waals surface area contributed by atoms with Gasteiger partial charge in [-0.3, -0.25) is 4.57 Å². The van der Waals surface area contributed by atoms with Crippen LogP contribution in [0.3, 0.4) is 0 Å². The monoisotopic (exact) mass is 487 g/mol. The third-order valence-electron chi connectivity index (χ3n) is 3.92. The Morgan fingerprint density at radius 2 is 1.44 bits per heavy atom. The minimum absolute atomic E-state index is 0.143. The van der Waals surface area contributed by atoms with Gasteiger partial charge in [-0.15, -0.1) is 0 Å². The molecule has 0 aliphatic carbocycles. The molecule has 1 heterocycles. The normalized spacial score (nSPS) is 20.0. The van der Waals surface area contributed by atoms with Crippen molar-refractivity contribution in [2.75, 3.05) is 18.5 Å². The fraction of sp³-hybridized carbons (Fsp3) is 0.333. The van der Waals surface area contributed by atoms with Crippen molar-refractivity contribution in [2.24, 2.45) is 5.41 Å². The molecular weight excluding hydrogens is 469 g/mol. The van der Waals surface area contributed by atoms with Crippen LogP contribution in [0.1, 0.15) is 25.2 Å². The van der Waals surface area contributed by atoms with E-state index in [1.54, 1.807) is 0 Å². The molecular formula is C18H20Br2NO3P. The molecule has 0 unspecified atom stereocenters. The molecule has 1 fully saturated rings. The molecule has 0 saturated carbocycles. The van der Waals surface area contributed by atoms with E-state index in [-0.39, 0.29) is 5.41 Å². The lowest BCUT2D eigenvalue weighted by atomic mass is 9.97. The minimum Gasteiger partial charge on any atom is -0.368 e. The van der Waals surface area contributed by atoms with Crippen molar-refractivity contribution < 1.29 is 13.6 Å². The zero-order chi connectivity index (χ0) is 18.1. The van der Waals surface area contributed by atoms with Crippen LogP contribution in [0.25, 0.3) is 0 Å². The highest BCUT2D eigenvalue weighted by Crippen LogP contribution is 2.64. The minimum atomic E-state index is -3.36. The Morgan fingerprint density at radius 1 is 0.960 bits per heavy atom. The summed E-state index contributed by atoms with van der Waals surface area (Å²) in [5, 5.41) is 3.33. The highest BCUT2D eigenvalue weighted by Gasteiger charge is 2.43. The molecule has 25 heavy (non-hydrogen) atoms. The second kappa shape index (κ2) is 7.53. The number of benzene rings is 2. The Hall–Kier alpha value is -0.650. The van der Waals surface area contributed by atoms with Gasteiger partial charge in [-0.25, -0.2) is 0 Å². The van der Waals surface area contributed by atoms with E-state index in [9.17, 15) is 4.57 Å². The summed E-state index contributed by atoms with van der Waals surface area (Å²) in [5.74, 6) is -0.571. The molecule has 1 aliphatic heterocycles. The van der Waals surface area contributed by atoms with Gasteiger partial charge >= 0.3 is 7.60 Å². The number of hydrogen-bond acceptors (Lipinski definition) is 4. The van der Waals surface area contributed by atoms with Gasteiger partial charge in [-0.1, -0.05) is 57.8 Å². The lowest BCUT2D eigenvalue weighted by Gasteiger charge is -2.38. The summed E-state index contributed by atoms with van der Waals surface area (Å²) in [4.78, 5) is 0. The van der Waals surface area contributed by atoms with E-state index in [2.05, 4.69) is 37.2 Å². The van der Waals surface area contributed by atoms with E-state index in [0.29, 0.717) is 13.2 Å². The number of halogens is 2. The molecule has 0 radical (unpaired) electrons. The summed E-state index contributed by atoms with van der Waals surface area (Å²) < 4.78 is 26.9. The van der Waals surface area contributed by atoms with E-state index in [0.717, 1.165) is 20.2 Å². The number of hydrogen-bond donors (Lipinski definition) is 1. The van der Waals surface area contributed by atoms with Crippen LogP contribution in [0.4, 0.5) is 5.69 Å². The van der Waals surface area contributed by atoms with Crippen LogP contribution >= 0.6 is 39.5 Å². The molecule has 1 atom stereocenters. The Labute approximate surface area is 165 Å². The Balaban J connectivity index is 1.92. The number of nitrogens with one attached hydrogen (secondary N) is 1. The van der Waals surface area contributed by atoms with Gasteiger partial charge in [0.1, 0.15) is 0 Å². The van der Waals surface area contributed by atoms with E-state index in [1.165, 1.54) is 0 Å². The van der Waals surface area contributed by atoms with Crippen molar-refractivity contribution in [1.82, 2.24) is 0 Å². The van der Waals surface area contributed by atoms with E-state index in [4.69, 9.17) is 9.05 Å². The standard InChI is InChI=1S/C18H20Br2NO3P/c1-18(2)11-23-25(22,24-12-18)17(13-3-5-14(19)6-4-13)21-16-9-7-15(20)8-10-16/h3-10,17,21H,11-12H2,1-2H3/t17-/m0/s1. The van der Waals surface area contributed by atoms with Gasteiger partial charge < -0.3 is 14.4 Å². The zero-order valence-electron chi connectivity index (χ0n) is 14.0. The quantitative estimate of drug-likeness (QED) is 0.493.